The first kappa shape index (κ1) is 13.2. The van der Waals surface area contributed by atoms with E-state index < -0.39 is 5.54 Å². The highest BCUT2D eigenvalue weighted by Gasteiger charge is 2.16. The quantitative estimate of drug-likeness (QED) is 0.834. The summed E-state index contributed by atoms with van der Waals surface area (Å²) in [6.45, 7) is 5.47. The second kappa shape index (κ2) is 4.98. The molecular weight excluding hydrogens is 214 g/mol. The molecule has 0 spiro atoms. The lowest BCUT2D eigenvalue weighted by Crippen LogP contribution is -2.36. The van der Waals surface area contributed by atoms with E-state index in [1.54, 1.807) is 26.0 Å². The van der Waals surface area contributed by atoms with Crippen molar-refractivity contribution in [2.45, 2.75) is 32.7 Å². The van der Waals surface area contributed by atoms with E-state index in [0.717, 1.165) is 5.56 Å². The van der Waals surface area contributed by atoms with Crippen LogP contribution in [0.25, 0.3) is 0 Å². The molecule has 0 atom stereocenters. The van der Waals surface area contributed by atoms with Crippen LogP contribution in [0.4, 0.5) is 5.69 Å². The number of benzene rings is 1. The van der Waals surface area contributed by atoms with E-state index in [2.05, 4.69) is 5.32 Å². The highest BCUT2D eigenvalue weighted by molar-refractivity contribution is 5.92. The van der Waals surface area contributed by atoms with Crippen molar-refractivity contribution in [2.24, 2.45) is 5.73 Å². The Morgan fingerprint density at radius 1 is 1.53 bits per heavy atom. The average Bonchev–Trinajstić information content (AvgIpc) is 2.18. The first-order valence-electron chi connectivity index (χ1n) is 5.41. The molecular formula is C13H17N3O. The minimum absolute atomic E-state index is 0.143. The normalized spacial score (nSPS) is 10.8. The molecule has 0 fully saturated rings. The molecule has 90 valence electrons. The summed E-state index contributed by atoms with van der Waals surface area (Å²) >= 11 is 0. The van der Waals surface area contributed by atoms with Crippen molar-refractivity contribution in [3.05, 3.63) is 29.3 Å². The molecule has 0 aromatic heterocycles. The maximum Gasteiger partial charge on any atom is 0.226 e. The molecule has 0 saturated carbocycles. The molecule has 1 aromatic carbocycles. The van der Waals surface area contributed by atoms with Crippen LogP contribution in [0.5, 0.6) is 0 Å². The zero-order valence-electron chi connectivity index (χ0n) is 10.4. The van der Waals surface area contributed by atoms with Crippen molar-refractivity contribution >= 4 is 11.6 Å². The monoisotopic (exact) mass is 231 g/mol. The second-order valence-corrected chi connectivity index (χ2v) is 4.86. The van der Waals surface area contributed by atoms with E-state index in [-0.39, 0.29) is 12.3 Å². The smallest absolute Gasteiger partial charge is 0.226 e. The van der Waals surface area contributed by atoms with Crippen LogP contribution < -0.4 is 11.1 Å². The van der Waals surface area contributed by atoms with E-state index in [0.29, 0.717) is 11.3 Å². The van der Waals surface area contributed by atoms with Crippen molar-refractivity contribution in [2.75, 3.05) is 5.32 Å². The third kappa shape index (κ3) is 4.25. The summed E-state index contributed by atoms with van der Waals surface area (Å²) in [7, 11) is 0. The lowest BCUT2D eigenvalue weighted by Gasteiger charge is -2.18. The number of carbonyl (C=O) groups excluding carboxylic acids is 1. The van der Waals surface area contributed by atoms with Crippen LogP contribution in [-0.2, 0) is 4.79 Å². The zero-order valence-corrected chi connectivity index (χ0v) is 10.4. The van der Waals surface area contributed by atoms with Crippen molar-refractivity contribution in [1.82, 2.24) is 0 Å². The van der Waals surface area contributed by atoms with Crippen LogP contribution in [0.3, 0.4) is 0 Å². The van der Waals surface area contributed by atoms with Gasteiger partial charge >= 0.3 is 0 Å². The van der Waals surface area contributed by atoms with E-state index in [4.69, 9.17) is 11.0 Å². The second-order valence-electron chi connectivity index (χ2n) is 4.86. The largest absolute Gasteiger partial charge is 0.326 e. The Hall–Kier alpha value is -1.86. The molecule has 17 heavy (non-hydrogen) atoms. The molecule has 4 nitrogen and oxygen atoms in total. The van der Waals surface area contributed by atoms with Crippen LogP contribution in [0.2, 0.25) is 0 Å². The first-order chi connectivity index (χ1) is 7.81. The summed E-state index contributed by atoms with van der Waals surface area (Å²) in [5, 5.41) is 11.6. The molecule has 0 aliphatic heterocycles. The highest BCUT2D eigenvalue weighted by Crippen LogP contribution is 2.17. The van der Waals surface area contributed by atoms with Crippen molar-refractivity contribution in [3.63, 3.8) is 0 Å². The predicted octanol–water partition coefficient (Wildman–Crippen LogP) is 1.93. The molecule has 0 radical (unpaired) electrons. The molecule has 0 bridgehead atoms. The van der Waals surface area contributed by atoms with Gasteiger partial charge in [-0.05, 0) is 38.5 Å². The van der Waals surface area contributed by atoms with Gasteiger partial charge in [-0.3, -0.25) is 4.79 Å². The maximum absolute atomic E-state index is 11.7. The van der Waals surface area contributed by atoms with Crippen LogP contribution in [0, 0.1) is 18.3 Å². The van der Waals surface area contributed by atoms with Crippen LogP contribution in [-0.4, -0.2) is 11.4 Å². The molecule has 1 rings (SSSR count). The van der Waals surface area contributed by atoms with E-state index in [9.17, 15) is 4.79 Å². The number of amides is 1. The number of carbonyl (C=O) groups is 1. The Balaban J connectivity index is 2.82. The number of nitriles is 1. The molecule has 0 aliphatic rings. The van der Waals surface area contributed by atoms with Gasteiger partial charge in [0.2, 0.25) is 5.91 Å². The third-order valence-corrected chi connectivity index (χ3v) is 2.26. The van der Waals surface area contributed by atoms with Gasteiger partial charge in [-0.2, -0.15) is 5.26 Å². The Morgan fingerprint density at radius 3 is 2.71 bits per heavy atom. The predicted molar refractivity (Wildman–Crippen MR) is 67.4 cm³/mol. The number of rotatable bonds is 3. The molecule has 0 unspecified atom stereocenters. The van der Waals surface area contributed by atoms with E-state index in [1.807, 2.05) is 19.1 Å². The van der Waals surface area contributed by atoms with Gasteiger partial charge in [0, 0.05) is 17.6 Å². The van der Waals surface area contributed by atoms with Crippen LogP contribution in [0.15, 0.2) is 18.2 Å². The summed E-state index contributed by atoms with van der Waals surface area (Å²) in [6.07, 6.45) is 0.239. The van der Waals surface area contributed by atoms with Crippen molar-refractivity contribution < 1.29 is 4.79 Å². The number of nitrogens with zero attached hydrogens (tertiary/aromatic N) is 1. The average molecular weight is 231 g/mol. The molecule has 0 heterocycles. The van der Waals surface area contributed by atoms with Gasteiger partial charge in [0.05, 0.1) is 11.6 Å². The Morgan fingerprint density at radius 2 is 2.18 bits per heavy atom. The van der Waals surface area contributed by atoms with E-state index in [1.165, 1.54) is 0 Å². The fraction of sp³-hybridized carbons (Fsp3) is 0.385. The highest BCUT2D eigenvalue weighted by atomic mass is 16.1. The molecule has 0 aliphatic carbocycles. The molecule has 3 N–H and O–H groups in total. The van der Waals surface area contributed by atoms with Gasteiger partial charge in [0.1, 0.15) is 0 Å². The maximum atomic E-state index is 11.7. The molecule has 1 amide bonds. The Kier molecular flexibility index (Phi) is 3.87. The number of hydrogen-bond acceptors (Lipinski definition) is 3. The third-order valence-electron chi connectivity index (χ3n) is 2.26. The number of nitrogens with two attached hydrogens (primary N) is 1. The minimum atomic E-state index is -0.537. The molecule has 0 saturated heterocycles. The fourth-order valence-electron chi connectivity index (χ4n) is 1.43. The topological polar surface area (TPSA) is 78.9 Å². The first-order valence-corrected chi connectivity index (χ1v) is 5.41. The number of anilines is 1. The van der Waals surface area contributed by atoms with Gasteiger partial charge in [0.15, 0.2) is 0 Å². The lowest BCUT2D eigenvalue weighted by molar-refractivity contribution is -0.117. The van der Waals surface area contributed by atoms with Gasteiger partial charge < -0.3 is 11.1 Å². The Labute approximate surface area is 101 Å². The summed E-state index contributed by atoms with van der Waals surface area (Å²) in [5.74, 6) is -0.143. The fourth-order valence-corrected chi connectivity index (χ4v) is 1.43. The summed E-state index contributed by atoms with van der Waals surface area (Å²) in [6, 6.07) is 7.23. The molecule has 1 aromatic rings. The van der Waals surface area contributed by atoms with Gasteiger partial charge in [0.25, 0.3) is 0 Å². The van der Waals surface area contributed by atoms with Gasteiger partial charge in [-0.25, -0.2) is 0 Å². The summed E-state index contributed by atoms with van der Waals surface area (Å²) < 4.78 is 0. The van der Waals surface area contributed by atoms with Crippen LogP contribution in [0.1, 0.15) is 31.4 Å². The SMILES string of the molecule is Cc1ccc(C#N)cc1NC(=O)CC(C)(C)N. The Bertz CT molecular complexity index is 467. The number of hydrogen-bond donors (Lipinski definition) is 2. The lowest BCUT2D eigenvalue weighted by atomic mass is 10.0. The summed E-state index contributed by atoms with van der Waals surface area (Å²) in [5.41, 5.74) is 7.35. The summed E-state index contributed by atoms with van der Waals surface area (Å²) in [4.78, 5) is 11.7. The zero-order chi connectivity index (χ0) is 13.1. The van der Waals surface area contributed by atoms with Gasteiger partial charge in [-0.15, -0.1) is 0 Å². The van der Waals surface area contributed by atoms with Crippen molar-refractivity contribution in [1.29, 1.82) is 5.26 Å². The minimum Gasteiger partial charge on any atom is -0.326 e. The standard InChI is InChI=1S/C13H17N3O/c1-9-4-5-10(8-14)6-11(9)16-12(17)7-13(2,3)15/h4-6H,7,15H2,1-3H3,(H,16,17). The number of nitrogens with one attached hydrogen (secondary N) is 1. The molecule has 4 heteroatoms. The van der Waals surface area contributed by atoms with Crippen LogP contribution >= 0.6 is 0 Å². The van der Waals surface area contributed by atoms with Gasteiger partial charge in [-0.1, -0.05) is 6.07 Å². The van der Waals surface area contributed by atoms with E-state index >= 15 is 0 Å². The number of aryl methyl sites for hydroxylation is 1. The van der Waals surface area contributed by atoms with Crippen molar-refractivity contribution in [3.8, 4) is 6.07 Å².